The van der Waals surface area contributed by atoms with Gasteiger partial charge in [0.15, 0.2) is 0 Å². The van der Waals surface area contributed by atoms with Crippen LogP contribution in [-0.2, 0) is 6.42 Å². The van der Waals surface area contributed by atoms with E-state index in [4.69, 9.17) is 10.5 Å². The van der Waals surface area contributed by atoms with Gasteiger partial charge in [-0.2, -0.15) is 0 Å². The maximum Gasteiger partial charge on any atom is 0.119 e. The first kappa shape index (κ1) is 21.9. The third-order valence-corrected chi connectivity index (χ3v) is 4.73. The first-order valence-corrected chi connectivity index (χ1v) is 9.86. The second-order valence-electron chi connectivity index (χ2n) is 7.15. The van der Waals surface area contributed by atoms with Crippen LogP contribution in [0.25, 0.3) is 0 Å². The quantitative estimate of drug-likeness (QED) is 0.420. The van der Waals surface area contributed by atoms with Gasteiger partial charge in [0.05, 0.1) is 25.4 Å². The van der Waals surface area contributed by atoms with Crippen molar-refractivity contribution in [2.45, 2.75) is 76.7 Å². The molecule has 0 atom stereocenters. The van der Waals surface area contributed by atoms with Crippen LogP contribution in [0.5, 0.6) is 5.75 Å². The van der Waals surface area contributed by atoms with E-state index in [2.05, 4.69) is 6.92 Å². The Morgan fingerprint density at radius 1 is 0.880 bits per heavy atom. The highest BCUT2D eigenvalue weighted by Gasteiger charge is 2.22. The van der Waals surface area contributed by atoms with Crippen molar-refractivity contribution < 1.29 is 14.9 Å². The molecule has 0 fully saturated rings. The van der Waals surface area contributed by atoms with Crippen molar-refractivity contribution in [3.63, 3.8) is 0 Å². The topological polar surface area (TPSA) is 75.7 Å². The Kier molecular flexibility index (Phi) is 11.5. The van der Waals surface area contributed by atoms with E-state index in [1.807, 2.05) is 24.3 Å². The lowest BCUT2D eigenvalue weighted by Gasteiger charge is -2.24. The monoisotopic (exact) mass is 351 g/mol. The van der Waals surface area contributed by atoms with Crippen LogP contribution in [0.15, 0.2) is 24.3 Å². The zero-order chi connectivity index (χ0) is 18.4. The molecule has 0 amide bonds. The van der Waals surface area contributed by atoms with Gasteiger partial charge in [0.25, 0.3) is 0 Å². The van der Waals surface area contributed by atoms with Crippen LogP contribution in [0.3, 0.4) is 0 Å². The molecule has 0 radical (unpaired) electrons. The molecule has 0 aromatic heterocycles. The summed E-state index contributed by atoms with van der Waals surface area (Å²) >= 11 is 0. The van der Waals surface area contributed by atoms with Gasteiger partial charge in [-0.1, -0.05) is 64.0 Å². The minimum atomic E-state index is -0.897. The summed E-state index contributed by atoms with van der Waals surface area (Å²) in [4.78, 5) is 0. The zero-order valence-corrected chi connectivity index (χ0v) is 15.9. The number of unbranched alkanes of at least 4 members (excludes halogenated alkanes) is 7. The van der Waals surface area contributed by atoms with Crippen LogP contribution >= 0.6 is 0 Å². The highest BCUT2D eigenvalue weighted by atomic mass is 16.5. The Bertz CT molecular complexity index is 429. The van der Waals surface area contributed by atoms with Crippen molar-refractivity contribution in [3.05, 3.63) is 29.8 Å². The van der Waals surface area contributed by atoms with E-state index in [1.54, 1.807) is 0 Å². The van der Waals surface area contributed by atoms with Crippen molar-refractivity contribution in [3.8, 4) is 5.75 Å². The fourth-order valence-electron chi connectivity index (χ4n) is 2.78. The van der Waals surface area contributed by atoms with E-state index < -0.39 is 5.54 Å². The highest BCUT2D eigenvalue weighted by molar-refractivity contribution is 5.27. The van der Waals surface area contributed by atoms with Crippen LogP contribution in [0.2, 0.25) is 0 Å². The third kappa shape index (κ3) is 9.83. The average Bonchev–Trinajstić information content (AvgIpc) is 2.65. The number of hydrogen-bond acceptors (Lipinski definition) is 4. The van der Waals surface area contributed by atoms with Gasteiger partial charge in [-0.3, -0.25) is 0 Å². The molecule has 25 heavy (non-hydrogen) atoms. The van der Waals surface area contributed by atoms with Crippen molar-refractivity contribution >= 4 is 0 Å². The lowest BCUT2D eigenvalue weighted by molar-refractivity contribution is 0.115. The summed E-state index contributed by atoms with van der Waals surface area (Å²) in [5.41, 5.74) is 6.13. The standard InChI is InChI=1S/C21H37NO3/c1-2-3-4-5-6-7-8-9-16-25-20-12-10-19(11-13-20)14-15-21(22,17-23)18-24/h10-13,23-24H,2-9,14-18,22H2,1H3. The Hall–Kier alpha value is -1.10. The number of rotatable bonds is 15. The summed E-state index contributed by atoms with van der Waals surface area (Å²) in [6.45, 7) is 2.61. The molecule has 0 aliphatic rings. The molecule has 4 heteroatoms. The smallest absolute Gasteiger partial charge is 0.119 e. The number of benzene rings is 1. The molecule has 4 nitrogen and oxygen atoms in total. The lowest BCUT2D eigenvalue weighted by atomic mass is 9.94. The molecule has 0 heterocycles. The van der Waals surface area contributed by atoms with E-state index in [0.717, 1.165) is 30.8 Å². The number of aryl methyl sites for hydroxylation is 1. The molecule has 1 aromatic rings. The van der Waals surface area contributed by atoms with Crippen molar-refractivity contribution in [1.29, 1.82) is 0 Å². The van der Waals surface area contributed by atoms with Crippen LogP contribution in [-0.4, -0.2) is 35.6 Å². The Morgan fingerprint density at radius 3 is 2.00 bits per heavy atom. The molecule has 0 unspecified atom stereocenters. The average molecular weight is 352 g/mol. The number of ether oxygens (including phenoxy) is 1. The SMILES string of the molecule is CCCCCCCCCCOc1ccc(CCC(N)(CO)CO)cc1. The molecule has 1 aromatic carbocycles. The molecule has 144 valence electrons. The number of hydrogen-bond donors (Lipinski definition) is 3. The Morgan fingerprint density at radius 2 is 1.44 bits per heavy atom. The van der Waals surface area contributed by atoms with Gasteiger partial charge in [-0.25, -0.2) is 0 Å². The zero-order valence-electron chi connectivity index (χ0n) is 15.9. The Labute approximate surface area is 153 Å². The van der Waals surface area contributed by atoms with E-state index >= 15 is 0 Å². The molecule has 1 rings (SSSR count). The van der Waals surface area contributed by atoms with Gasteiger partial charge in [-0.15, -0.1) is 0 Å². The fraction of sp³-hybridized carbons (Fsp3) is 0.714. The van der Waals surface area contributed by atoms with Gasteiger partial charge in [0.2, 0.25) is 0 Å². The van der Waals surface area contributed by atoms with E-state index in [0.29, 0.717) is 6.42 Å². The molecule has 0 aliphatic carbocycles. The van der Waals surface area contributed by atoms with Crippen molar-refractivity contribution in [2.75, 3.05) is 19.8 Å². The first-order chi connectivity index (χ1) is 12.1. The number of aliphatic hydroxyl groups is 2. The van der Waals surface area contributed by atoms with Crippen LogP contribution in [0, 0.1) is 0 Å². The van der Waals surface area contributed by atoms with Gasteiger partial charge < -0.3 is 20.7 Å². The molecule has 0 bridgehead atoms. The molecule has 4 N–H and O–H groups in total. The second kappa shape index (κ2) is 13.2. The van der Waals surface area contributed by atoms with Gasteiger partial charge in [-0.05, 0) is 37.0 Å². The van der Waals surface area contributed by atoms with Crippen LogP contribution < -0.4 is 10.5 Å². The first-order valence-electron chi connectivity index (χ1n) is 9.86. The predicted molar refractivity (Wildman–Crippen MR) is 104 cm³/mol. The number of nitrogens with two attached hydrogens (primary N) is 1. The summed E-state index contributed by atoms with van der Waals surface area (Å²) in [5, 5.41) is 18.4. The number of aliphatic hydroxyl groups excluding tert-OH is 2. The largest absolute Gasteiger partial charge is 0.494 e. The van der Waals surface area contributed by atoms with E-state index in [1.165, 1.54) is 44.9 Å². The van der Waals surface area contributed by atoms with Crippen LogP contribution in [0.4, 0.5) is 0 Å². The molecule has 0 saturated heterocycles. The summed E-state index contributed by atoms with van der Waals surface area (Å²) in [7, 11) is 0. The summed E-state index contributed by atoms with van der Waals surface area (Å²) < 4.78 is 5.79. The highest BCUT2D eigenvalue weighted by Crippen LogP contribution is 2.17. The van der Waals surface area contributed by atoms with Crippen molar-refractivity contribution in [2.24, 2.45) is 5.73 Å². The molecule has 0 aliphatic heterocycles. The van der Waals surface area contributed by atoms with Crippen molar-refractivity contribution in [1.82, 2.24) is 0 Å². The predicted octanol–water partition coefficient (Wildman–Crippen LogP) is 3.82. The maximum absolute atomic E-state index is 9.21. The normalized spacial score (nSPS) is 11.7. The molecule has 0 spiro atoms. The fourth-order valence-corrected chi connectivity index (χ4v) is 2.78. The van der Waals surface area contributed by atoms with E-state index in [9.17, 15) is 10.2 Å². The molecule has 0 saturated carbocycles. The van der Waals surface area contributed by atoms with Gasteiger partial charge in [0.1, 0.15) is 5.75 Å². The van der Waals surface area contributed by atoms with Crippen LogP contribution in [0.1, 0.15) is 70.3 Å². The van der Waals surface area contributed by atoms with Gasteiger partial charge >= 0.3 is 0 Å². The molecular weight excluding hydrogens is 314 g/mol. The lowest BCUT2D eigenvalue weighted by Crippen LogP contribution is -2.47. The summed E-state index contributed by atoms with van der Waals surface area (Å²) in [6.07, 6.45) is 11.7. The third-order valence-electron chi connectivity index (χ3n) is 4.73. The maximum atomic E-state index is 9.21. The molecular formula is C21H37NO3. The Balaban J connectivity index is 2.14. The summed E-state index contributed by atoms with van der Waals surface area (Å²) in [5.74, 6) is 0.898. The second-order valence-corrected chi connectivity index (χ2v) is 7.15. The van der Waals surface area contributed by atoms with E-state index in [-0.39, 0.29) is 13.2 Å². The van der Waals surface area contributed by atoms with Gasteiger partial charge in [0, 0.05) is 0 Å². The minimum Gasteiger partial charge on any atom is -0.494 e. The summed E-state index contributed by atoms with van der Waals surface area (Å²) in [6, 6.07) is 8.02. The minimum absolute atomic E-state index is 0.205.